The molecule has 6 nitrogen and oxygen atoms in total. The summed E-state index contributed by atoms with van der Waals surface area (Å²) in [5.74, 6) is 0.332. The van der Waals surface area contributed by atoms with Gasteiger partial charge in [0.2, 0.25) is 11.8 Å². The molecule has 0 saturated heterocycles. The number of nitrogens with zero attached hydrogens (tertiary/aromatic N) is 2. The molecule has 0 bridgehead atoms. The second-order valence-electron chi connectivity index (χ2n) is 4.13. The van der Waals surface area contributed by atoms with Crippen LogP contribution in [0.1, 0.15) is 27.2 Å². The lowest BCUT2D eigenvalue weighted by Crippen LogP contribution is -2.30. The maximum Gasteiger partial charge on any atom is 0.233 e. The predicted molar refractivity (Wildman–Crippen MR) is 87.9 cm³/mol. The molecule has 9 heteroatoms. The van der Waals surface area contributed by atoms with Crippen molar-refractivity contribution in [1.29, 1.82) is 0 Å². The fourth-order valence-electron chi connectivity index (χ4n) is 1.27. The lowest BCUT2D eigenvalue weighted by Gasteiger charge is -2.07. The second-order valence-corrected chi connectivity index (χ2v) is 7.92. The van der Waals surface area contributed by atoms with Crippen LogP contribution in [0.4, 0.5) is 0 Å². The predicted octanol–water partition coefficient (Wildman–Crippen LogP) is 1.77. The van der Waals surface area contributed by atoms with Crippen LogP contribution in [0.3, 0.4) is 0 Å². The van der Waals surface area contributed by atoms with Crippen LogP contribution in [0.5, 0.6) is 0 Å². The van der Waals surface area contributed by atoms with Gasteiger partial charge in [0.15, 0.2) is 8.68 Å². The van der Waals surface area contributed by atoms with Gasteiger partial charge in [-0.2, -0.15) is 0 Å². The quantitative estimate of drug-likeness (QED) is 0.662. The van der Waals surface area contributed by atoms with Gasteiger partial charge in [-0.25, -0.2) is 0 Å². The van der Waals surface area contributed by atoms with Gasteiger partial charge in [0.1, 0.15) is 0 Å². The molecular formula is C12H20N4O2S3. The highest BCUT2D eigenvalue weighted by atomic mass is 32.2. The van der Waals surface area contributed by atoms with E-state index in [1.54, 1.807) is 0 Å². The maximum absolute atomic E-state index is 11.6. The van der Waals surface area contributed by atoms with Gasteiger partial charge in [-0.05, 0) is 20.3 Å². The van der Waals surface area contributed by atoms with E-state index < -0.39 is 0 Å². The molecule has 1 aromatic heterocycles. The van der Waals surface area contributed by atoms with Crippen molar-refractivity contribution in [1.82, 2.24) is 20.8 Å². The summed E-state index contributed by atoms with van der Waals surface area (Å²) in [6.45, 7) is 7.05. The number of rotatable bonds is 9. The Balaban J connectivity index is 2.39. The topological polar surface area (TPSA) is 84.0 Å². The van der Waals surface area contributed by atoms with Crippen LogP contribution in [0.15, 0.2) is 8.68 Å². The van der Waals surface area contributed by atoms with E-state index in [4.69, 9.17) is 0 Å². The zero-order valence-corrected chi connectivity index (χ0v) is 14.8. The van der Waals surface area contributed by atoms with Gasteiger partial charge in [0, 0.05) is 13.1 Å². The average Bonchev–Trinajstić information content (AvgIpc) is 2.90. The van der Waals surface area contributed by atoms with E-state index in [9.17, 15) is 9.59 Å². The molecule has 0 aliphatic carbocycles. The molecule has 0 aliphatic heterocycles. The van der Waals surface area contributed by atoms with E-state index >= 15 is 0 Å². The van der Waals surface area contributed by atoms with Crippen LogP contribution < -0.4 is 10.6 Å². The molecule has 21 heavy (non-hydrogen) atoms. The standard InChI is InChI=1S/C12H20N4O2S3/c1-4-6-14-9(17)7-19-11-15-16-12(21-11)20-8(3)10(18)13-5-2/h8H,4-7H2,1-3H3,(H,13,18)(H,14,17)/t8-/m1/s1. The van der Waals surface area contributed by atoms with Crippen molar-refractivity contribution in [2.45, 2.75) is 41.1 Å². The highest BCUT2D eigenvalue weighted by Gasteiger charge is 2.16. The summed E-state index contributed by atoms with van der Waals surface area (Å²) in [7, 11) is 0. The van der Waals surface area contributed by atoms with E-state index in [1.807, 2.05) is 20.8 Å². The van der Waals surface area contributed by atoms with Crippen molar-refractivity contribution in [3.8, 4) is 0 Å². The van der Waals surface area contributed by atoms with Crippen molar-refractivity contribution in [2.24, 2.45) is 0 Å². The Kier molecular flexibility index (Phi) is 8.70. The molecule has 0 aromatic carbocycles. The van der Waals surface area contributed by atoms with Crippen molar-refractivity contribution in [2.75, 3.05) is 18.8 Å². The summed E-state index contributed by atoms with van der Waals surface area (Å²) < 4.78 is 1.48. The van der Waals surface area contributed by atoms with Gasteiger partial charge in [-0.15, -0.1) is 10.2 Å². The third-order valence-corrected chi connectivity index (χ3v) is 5.53. The normalized spacial score (nSPS) is 12.0. The van der Waals surface area contributed by atoms with E-state index in [2.05, 4.69) is 20.8 Å². The van der Waals surface area contributed by atoms with Crippen molar-refractivity contribution < 1.29 is 9.59 Å². The van der Waals surface area contributed by atoms with Crippen molar-refractivity contribution in [3.05, 3.63) is 0 Å². The molecule has 1 aromatic rings. The van der Waals surface area contributed by atoms with Gasteiger partial charge in [-0.1, -0.05) is 41.8 Å². The SMILES string of the molecule is CCCNC(=O)CSc1nnc(S[C@H](C)C(=O)NCC)s1. The minimum Gasteiger partial charge on any atom is -0.355 e. The first-order chi connectivity index (χ1) is 10.1. The number of thioether (sulfide) groups is 2. The van der Waals surface area contributed by atoms with Gasteiger partial charge >= 0.3 is 0 Å². The molecule has 0 saturated carbocycles. The zero-order valence-electron chi connectivity index (χ0n) is 12.3. The summed E-state index contributed by atoms with van der Waals surface area (Å²) in [4.78, 5) is 23.1. The fraction of sp³-hybridized carbons (Fsp3) is 0.667. The molecule has 0 radical (unpaired) electrons. The zero-order chi connectivity index (χ0) is 15.7. The molecule has 0 aliphatic rings. The molecule has 2 amide bonds. The Morgan fingerprint density at radius 2 is 1.95 bits per heavy atom. The number of hydrogen-bond acceptors (Lipinski definition) is 7. The average molecular weight is 349 g/mol. The van der Waals surface area contributed by atoms with Crippen LogP contribution in [0.25, 0.3) is 0 Å². The van der Waals surface area contributed by atoms with Crippen LogP contribution in [0, 0.1) is 0 Å². The van der Waals surface area contributed by atoms with Gasteiger partial charge in [-0.3, -0.25) is 9.59 Å². The molecule has 1 atom stereocenters. The summed E-state index contributed by atoms with van der Waals surface area (Å²) in [6.07, 6.45) is 0.924. The Morgan fingerprint density at radius 1 is 1.24 bits per heavy atom. The summed E-state index contributed by atoms with van der Waals surface area (Å²) in [5, 5.41) is 13.4. The third kappa shape index (κ3) is 7.14. The molecule has 1 rings (SSSR count). The highest BCUT2D eigenvalue weighted by Crippen LogP contribution is 2.31. The van der Waals surface area contributed by atoms with E-state index in [-0.39, 0.29) is 17.1 Å². The summed E-state index contributed by atoms with van der Waals surface area (Å²) in [5.41, 5.74) is 0. The van der Waals surface area contributed by atoms with Crippen LogP contribution in [-0.2, 0) is 9.59 Å². The fourth-order valence-corrected chi connectivity index (χ4v) is 4.29. The van der Waals surface area contributed by atoms with Crippen LogP contribution in [-0.4, -0.2) is 46.1 Å². The maximum atomic E-state index is 11.6. The Labute approximate surface area is 137 Å². The summed E-state index contributed by atoms with van der Waals surface area (Å²) in [6, 6.07) is 0. The molecule has 0 unspecified atom stereocenters. The Hall–Kier alpha value is -0.800. The number of amides is 2. The van der Waals surface area contributed by atoms with E-state index in [0.29, 0.717) is 18.8 Å². The largest absolute Gasteiger partial charge is 0.355 e. The van der Waals surface area contributed by atoms with E-state index in [0.717, 1.165) is 15.1 Å². The monoisotopic (exact) mass is 348 g/mol. The minimum absolute atomic E-state index is 0.00180. The Morgan fingerprint density at radius 3 is 2.62 bits per heavy atom. The lowest BCUT2D eigenvalue weighted by molar-refractivity contribution is -0.120. The number of aromatic nitrogens is 2. The minimum atomic E-state index is -0.205. The first-order valence-electron chi connectivity index (χ1n) is 6.74. The van der Waals surface area contributed by atoms with Crippen LogP contribution >= 0.6 is 34.9 Å². The molecule has 0 spiro atoms. The van der Waals surface area contributed by atoms with Gasteiger partial charge < -0.3 is 10.6 Å². The molecule has 118 valence electrons. The smallest absolute Gasteiger partial charge is 0.233 e. The van der Waals surface area contributed by atoms with Crippen molar-refractivity contribution in [3.63, 3.8) is 0 Å². The molecule has 2 N–H and O–H groups in total. The summed E-state index contributed by atoms with van der Waals surface area (Å²) >= 11 is 4.15. The van der Waals surface area contributed by atoms with Gasteiger partial charge in [0.25, 0.3) is 0 Å². The number of hydrogen-bond donors (Lipinski definition) is 2. The first kappa shape index (κ1) is 18.2. The lowest BCUT2D eigenvalue weighted by atomic mass is 10.4. The number of nitrogens with one attached hydrogen (secondary N) is 2. The highest BCUT2D eigenvalue weighted by molar-refractivity contribution is 8.04. The van der Waals surface area contributed by atoms with Crippen LogP contribution in [0.2, 0.25) is 0 Å². The first-order valence-corrected chi connectivity index (χ1v) is 9.42. The van der Waals surface area contributed by atoms with Crippen molar-refractivity contribution >= 4 is 46.7 Å². The van der Waals surface area contributed by atoms with E-state index in [1.165, 1.54) is 34.9 Å². The third-order valence-electron chi connectivity index (χ3n) is 2.28. The Bertz CT molecular complexity index is 467. The molecule has 0 fully saturated rings. The number of carbonyl (C=O) groups is 2. The van der Waals surface area contributed by atoms with Gasteiger partial charge in [0.05, 0.1) is 11.0 Å². The second kappa shape index (κ2) is 10.0. The molecule has 1 heterocycles. The molecular weight excluding hydrogens is 328 g/mol. The number of carbonyl (C=O) groups excluding carboxylic acids is 2.